The predicted octanol–water partition coefficient (Wildman–Crippen LogP) is 6.22. The maximum atomic E-state index is 13.8. The van der Waals surface area contributed by atoms with Gasteiger partial charge in [0, 0.05) is 19.2 Å². The number of pyridine rings is 1. The molecule has 206 valence electrons. The Morgan fingerprint density at radius 1 is 1.00 bits per heavy atom. The average Bonchev–Trinajstić information content (AvgIpc) is 3.42. The lowest BCUT2D eigenvalue weighted by molar-refractivity contribution is -0.141. The van der Waals surface area contributed by atoms with Crippen LogP contribution in [0.5, 0.6) is 11.6 Å². The van der Waals surface area contributed by atoms with E-state index < -0.39 is 29.5 Å². The van der Waals surface area contributed by atoms with Crippen molar-refractivity contribution in [2.75, 3.05) is 23.3 Å². The summed E-state index contributed by atoms with van der Waals surface area (Å²) < 4.78 is 52.2. The number of aromatic nitrogens is 2. The number of carboxylic acids is 1. The number of halogens is 3. The number of nitrogens with one attached hydrogen (secondary N) is 1. The first-order valence-electron chi connectivity index (χ1n) is 12.3. The topological polar surface area (TPSA) is 118 Å². The van der Waals surface area contributed by atoms with E-state index in [2.05, 4.69) is 15.3 Å². The largest absolute Gasteiger partial charge is 0.478 e. The zero-order valence-corrected chi connectivity index (χ0v) is 20.9. The van der Waals surface area contributed by atoms with Crippen molar-refractivity contribution >= 4 is 23.6 Å². The van der Waals surface area contributed by atoms with E-state index >= 15 is 0 Å². The summed E-state index contributed by atoms with van der Waals surface area (Å²) in [5, 5.41) is 11.3. The van der Waals surface area contributed by atoms with Crippen molar-refractivity contribution in [2.24, 2.45) is 0 Å². The summed E-state index contributed by atoms with van der Waals surface area (Å²) in [5.74, 6) is -2.41. The van der Waals surface area contributed by atoms with Gasteiger partial charge in [-0.25, -0.2) is 9.78 Å². The average molecular weight is 553 g/mol. The fourth-order valence-corrected chi connectivity index (χ4v) is 4.41. The van der Waals surface area contributed by atoms with Gasteiger partial charge in [-0.3, -0.25) is 4.79 Å². The monoisotopic (exact) mass is 552 g/mol. The summed E-state index contributed by atoms with van der Waals surface area (Å²) in [6.07, 6.45) is -2.28. The van der Waals surface area contributed by atoms with E-state index in [0.29, 0.717) is 31.7 Å². The third-order valence-electron chi connectivity index (χ3n) is 6.44. The minimum absolute atomic E-state index is 0.0869. The van der Waals surface area contributed by atoms with Crippen molar-refractivity contribution in [3.63, 3.8) is 0 Å². The molecule has 3 heterocycles. The molecule has 0 bridgehead atoms. The Hall–Kier alpha value is -4.87. The van der Waals surface area contributed by atoms with Crippen LogP contribution in [0.25, 0.3) is 0 Å². The van der Waals surface area contributed by atoms with Gasteiger partial charge in [-0.05, 0) is 54.7 Å². The number of ether oxygens (including phenoxy) is 1. The van der Waals surface area contributed by atoms with Crippen LogP contribution >= 0.6 is 0 Å². The number of oxazole rings is 1. The highest BCUT2D eigenvalue weighted by molar-refractivity contribution is 6.03. The van der Waals surface area contributed by atoms with Crippen molar-refractivity contribution in [3.8, 4) is 11.6 Å². The third kappa shape index (κ3) is 6.06. The molecule has 0 saturated carbocycles. The molecule has 0 aliphatic carbocycles. The van der Waals surface area contributed by atoms with Gasteiger partial charge < -0.3 is 24.5 Å². The lowest BCUT2D eigenvalue weighted by Gasteiger charge is -2.31. The number of hydrogen-bond donors (Lipinski definition) is 2. The number of amides is 1. The van der Waals surface area contributed by atoms with Gasteiger partial charge in [0.1, 0.15) is 5.75 Å². The molecular weight excluding hydrogens is 529 g/mol. The molecule has 0 radical (unpaired) electrons. The minimum Gasteiger partial charge on any atom is -0.478 e. The molecule has 9 nitrogen and oxygen atoms in total. The maximum Gasteiger partial charge on any atom is 0.437 e. The number of carboxylic acid groups (broad SMARTS) is 1. The quantitative estimate of drug-likeness (QED) is 0.278. The summed E-state index contributed by atoms with van der Waals surface area (Å²) in [6.45, 7) is 0.867. The van der Waals surface area contributed by atoms with E-state index in [-0.39, 0.29) is 29.1 Å². The number of benzene rings is 2. The van der Waals surface area contributed by atoms with Gasteiger partial charge >= 0.3 is 12.1 Å². The van der Waals surface area contributed by atoms with Crippen LogP contribution in [0.1, 0.15) is 50.9 Å². The second kappa shape index (κ2) is 11.1. The van der Waals surface area contributed by atoms with Crippen LogP contribution < -0.4 is 15.0 Å². The van der Waals surface area contributed by atoms with E-state index in [0.717, 1.165) is 0 Å². The van der Waals surface area contributed by atoms with Crippen molar-refractivity contribution in [3.05, 3.63) is 95.5 Å². The molecule has 1 amide bonds. The number of hydrogen-bond acceptors (Lipinski definition) is 7. The Kier molecular flexibility index (Phi) is 7.41. The molecule has 5 rings (SSSR count). The lowest BCUT2D eigenvalue weighted by atomic mass is 9.90. The molecule has 1 saturated heterocycles. The maximum absolute atomic E-state index is 13.8. The molecule has 0 unspecified atom stereocenters. The van der Waals surface area contributed by atoms with Crippen LogP contribution in [0.15, 0.2) is 77.3 Å². The third-order valence-corrected chi connectivity index (χ3v) is 6.44. The number of alkyl halides is 3. The summed E-state index contributed by atoms with van der Waals surface area (Å²) in [5.41, 5.74) is -0.0354. The van der Waals surface area contributed by atoms with Crippen molar-refractivity contribution < 1.29 is 37.0 Å². The van der Waals surface area contributed by atoms with Gasteiger partial charge in [-0.15, -0.1) is 0 Å². The second-order valence-electron chi connectivity index (χ2n) is 9.11. The van der Waals surface area contributed by atoms with Crippen molar-refractivity contribution in [1.29, 1.82) is 0 Å². The van der Waals surface area contributed by atoms with Gasteiger partial charge in [-0.1, -0.05) is 30.3 Å². The van der Waals surface area contributed by atoms with Crippen LogP contribution in [0, 0.1) is 0 Å². The summed E-state index contributed by atoms with van der Waals surface area (Å²) >= 11 is 0. The molecule has 12 heteroatoms. The molecule has 0 atom stereocenters. The summed E-state index contributed by atoms with van der Waals surface area (Å²) in [7, 11) is 0. The van der Waals surface area contributed by atoms with Crippen LogP contribution in [-0.2, 0) is 6.18 Å². The number of anilines is 2. The number of aromatic carboxylic acids is 1. The van der Waals surface area contributed by atoms with Crippen molar-refractivity contribution in [2.45, 2.75) is 24.9 Å². The number of piperidine rings is 1. The smallest absolute Gasteiger partial charge is 0.437 e. The predicted molar refractivity (Wildman–Crippen MR) is 138 cm³/mol. The minimum atomic E-state index is -4.90. The summed E-state index contributed by atoms with van der Waals surface area (Å²) in [6, 6.07) is 18.1. The Labute approximate surface area is 226 Å². The van der Waals surface area contributed by atoms with Crippen LogP contribution in [-0.4, -0.2) is 40.0 Å². The van der Waals surface area contributed by atoms with E-state index in [1.807, 2.05) is 30.3 Å². The molecule has 0 spiro atoms. The van der Waals surface area contributed by atoms with E-state index in [4.69, 9.17) is 14.3 Å². The molecule has 2 aromatic carbocycles. The van der Waals surface area contributed by atoms with E-state index in [1.54, 1.807) is 4.90 Å². The zero-order valence-electron chi connectivity index (χ0n) is 20.9. The standard InChI is InChI=1S/C28H23F3N4O5/c29-28(30,31)24-23(40-27(34-24)35-14-12-18(13-15-35)17-4-2-1-3-5-17)25(36)33-20-8-11-22(32-16-20)39-21-9-6-19(7-10-21)26(37)38/h1-11,16,18H,12-15H2,(H,33,36)(H,37,38). The van der Waals surface area contributed by atoms with E-state index in [9.17, 15) is 22.8 Å². The Morgan fingerprint density at radius 3 is 2.30 bits per heavy atom. The fraction of sp³-hybridized carbons (Fsp3) is 0.214. The van der Waals surface area contributed by atoms with E-state index in [1.165, 1.54) is 48.2 Å². The molecule has 40 heavy (non-hydrogen) atoms. The number of carbonyl (C=O) groups is 2. The highest BCUT2D eigenvalue weighted by Crippen LogP contribution is 2.36. The number of rotatable bonds is 7. The fourth-order valence-electron chi connectivity index (χ4n) is 4.41. The Morgan fingerprint density at radius 2 is 1.70 bits per heavy atom. The molecule has 1 aliphatic rings. The first kappa shape index (κ1) is 26.7. The molecule has 4 aromatic rings. The lowest BCUT2D eigenvalue weighted by Crippen LogP contribution is -2.33. The SMILES string of the molecule is O=C(O)c1ccc(Oc2ccc(NC(=O)c3oc(N4CCC(c5ccccc5)CC4)nc3C(F)(F)F)cn2)cc1. The van der Waals surface area contributed by atoms with Crippen LogP contribution in [0.4, 0.5) is 24.9 Å². The van der Waals surface area contributed by atoms with Crippen LogP contribution in [0.3, 0.4) is 0 Å². The Balaban J connectivity index is 1.26. The van der Waals surface area contributed by atoms with Gasteiger partial charge in [-0.2, -0.15) is 18.2 Å². The molecule has 1 aliphatic heterocycles. The second-order valence-corrected chi connectivity index (χ2v) is 9.11. The first-order valence-corrected chi connectivity index (χ1v) is 12.3. The number of nitrogens with zero attached hydrogens (tertiary/aromatic N) is 3. The van der Waals surface area contributed by atoms with Gasteiger partial charge in [0.15, 0.2) is 5.69 Å². The van der Waals surface area contributed by atoms with Gasteiger partial charge in [0.2, 0.25) is 11.6 Å². The normalized spacial score (nSPS) is 14.1. The van der Waals surface area contributed by atoms with Crippen molar-refractivity contribution in [1.82, 2.24) is 9.97 Å². The molecular formula is C28H23F3N4O5. The summed E-state index contributed by atoms with van der Waals surface area (Å²) in [4.78, 5) is 33.0. The van der Waals surface area contributed by atoms with Gasteiger partial charge in [0.25, 0.3) is 11.9 Å². The highest BCUT2D eigenvalue weighted by Gasteiger charge is 2.42. The molecule has 2 aromatic heterocycles. The molecule has 1 fully saturated rings. The zero-order chi connectivity index (χ0) is 28.3. The van der Waals surface area contributed by atoms with Gasteiger partial charge in [0.05, 0.1) is 17.4 Å². The first-order chi connectivity index (χ1) is 19.2. The highest BCUT2D eigenvalue weighted by atomic mass is 19.4. The Bertz CT molecular complexity index is 1480. The number of carbonyl (C=O) groups excluding carboxylic acids is 1. The molecule has 2 N–H and O–H groups in total. The van der Waals surface area contributed by atoms with Crippen LogP contribution in [0.2, 0.25) is 0 Å².